The fourth-order valence-electron chi connectivity index (χ4n) is 2.35. The average Bonchev–Trinajstić information content (AvgIpc) is 2.44. The Labute approximate surface area is 127 Å². The molecule has 20 heavy (non-hydrogen) atoms. The summed E-state index contributed by atoms with van der Waals surface area (Å²) in [4.78, 5) is 4.11. The lowest BCUT2D eigenvalue weighted by Crippen LogP contribution is -1.82. The van der Waals surface area contributed by atoms with Crippen LogP contribution in [0.25, 0.3) is 0 Å². The zero-order valence-electron chi connectivity index (χ0n) is 13.9. The number of unbranched alkanes of at least 4 members (excludes halogenated alkanes) is 11. The van der Waals surface area contributed by atoms with Crippen molar-refractivity contribution in [3.8, 4) is 0 Å². The van der Waals surface area contributed by atoms with Crippen molar-refractivity contribution >= 4 is 6.21 Å². The molecule has 0 bridgehead atoms. The SMILES string of the molecule is C=C(/C=C/CCCCCCCCCCCCC)N=CC. The maximum Gasteiger partial charge on any atom is 0.0550 e. The minimum atomic E-state index is 0.857. The lowest BCUT2D eigenvalue weighted by Gasteiger charge is -2.01. The van der Waals surface area contributed by atoms with E-state index in [1.165, 1.54) is 70.6 Å². The molecular weight excluding hydrogens is 242 g/mol. The summed E-state index contributed by atoms with van der Waals surface area (Å²) in [7, 11) is 0. The predicted octanol–water partition coefficient (Wildman–Crippen LogP) is 6.85. The van der Waals surface area contributed by atoms with Gasteiger partial charge in [-0.3, -0.25) is 4.99 Å². The molecule has 0 saturated heterocycles. The van der Waals surface area contributed by atoms with E-state index in [1.54, 1.807) is 6.21 Å². The van der Waals surface area contributed by atoms with Crippen molar-refractivity contribution in [2.45, 2.75) is 90.9 Å². The normalized spacial score (nSPS) is 11.7. The second-order valence-corrected chi connectivity index (χ2v) is 5.61. The molecule has 0 saturated carbocycles. The highest BCUT2D eigenvalue weighted by atomic mass is 14.7. The standard InChI is InChI=1S/C19H35N/c1-4-6-7-8-9-10-11-12-13-14-15-16-17-18-19(3)20-5-2/h5,17-18H,3-4,6-16H2,1-2H3/b18-17+,20-5?. The Morgan fingerprint density at radius 2 is 1.35 bits per heavy atom. The van der Waals surface area contributed by atoms with Gasteiger partial charge in [0.25, 0.3) is 0 Å². The number of aliphatic imine (C=N–C) groups is 1. The first-order valence-corrected chi connectivity index (χ1v) is 8.65. The Balaban J connectivity index is 3.15. The van der Waals surface area contributed by atoms with Crippen LogP contribution in [0.1, 0.15) is 90.9 Å². The van der Waals surface area contributed by atoms with Crippen LogP contribution < -0.4 is 0 Å². The summed E-state index contributed by atoms with van der Waals surface area (Å²) >= 11 is 0. The first kappa shape index (κ1) is 19.1. The summed E-state index contributed by atoms with van der Waals surface area (Å²) in [5.41, 5.74) is 0.857. The summed E-state index contributed by atoms with van der Waals surface area (Å²) in [6, 6.07) is 0. The van der Waals surface area contributed by atoms with Gasteiger partial charge in [0, 0.05) is 6.21 Å². The molecule has 0 aromatic carbocycles. The van der Waals surface area contributed by atoms with Crippen molar-refractivity contribution in [3.05, 3.63) is 24.4 Å². The topological polar surface area (TPSA) is 12.4 Å². The van der Waals surface area contributed by atoms with E-state index in [-0.39, 0.29) is 0 Å². The van der Waals surface area contributed by atoms with Crippen LogP contribution >= 0.6 is 0 Å². The zero-order valence-corrected chi connectivity index (χ0v) is 13.9. The number of hydrogen-bond donors (Lipinski definition) is 0. The molecule has 0 aromatic rings. The highest BCUT2D eigenvalue weighted by Gasteiger charge is 1.92. The highest BCUT2D eigenvalue weighted by Crippen LogP contribution is 2.12. The van der Waals surface area contributed by atoms with Crippen molar-refractivity contribution in [1.29, 1.82) is 0 Å². The number of rotatable bonds is 14. The monoisotopic (exact) mass is 277 g/mol. The number of nitrogens with zero attached hydrogens (tertiary/aromatic N) is 1. The largest absolute Gasteiger partial charge is 0.262 e. The molecular formula is C19H35N. The van der Waals surface area contributed by atoms with E-state index >= 15 is 0 Å². The molecule has 0 rings (SSSR count). The highest BCUT2D eigenvalue weighted by molar-refractivity contribution is 5.55. The van der Waals surface area contributed by atoms with Gasteiger partial charge in [-0.1, -0.05) is 83.8 Å². The van der Waals surface area contributed by atoms with Crippen LogP contribution in [0.3, 0.4) is 0 Å². The average molecular weight is 277 g/mol. The molecule has 0 fully saturated rings. The Morgan fingerprint density at radius 3 is 1.85 bits per heavy atom. The van der Waals surface area contributed by atoms with E-state index in [2.05, 4.69) is 24.6 Å². The van der Waals surface area contributed by atoms with E-state index < -0.39 is 0 Å². The van der Waals surface area contributed by atoms with E-state index in [4.69, 9.17) is 0 Å². The fourth-order valence-corrected chi connectivity index (χ4v) is 2.35. The Morgan fingerprint density at radius 1 is 0.850 bits per heavy atom. The van der Waals surface area contributed by atoms with Crippen LogP contribution in [0.4, 0.5) is 0 Å². The van der Waals surface area contributed by atoms with Gasteiger partial charge in [0.05, 0.1) is 5.70 Å². The Hall–Kier alpha value is -0.850. The molecule has 0 aliphatic heterocycles. The third-order valence-electron chi connectivity index (χ3n) is 3.58. The minimum absolute atomic E-state index is 0.857. The van der Waals surface area contributed by atoms with Crippen LogP contribution in [-0.2, 0) is 0 Å². The molecule has 1 heteroatoms. The van der Waals surface area contributed by atoms with Crippen molar-refractivity contribution in [2.75, 3.05) is 0 Å². The summed E-state index contributed by atoms with van der Waals surface area (Å²) in [6.07, 6.45) is 22.6. The van der Waals surface area contributed by atoms with Gasteiger partial charge in [0.15, 0.2) is 0 Å². The molecule has 0 N–H and O–H groups in total. The molecule has 116 valence electrons. The molecule has 0 spiro atoms. The molecule has 0 aliphatic carbocycles. The van der Waals surface area contributed by atoms with Crippen LogP contribution in [0.2, 0.25) is 0 Å². The molecule has 0 heterocycles. The molecule has 1 nitrogen and oxygen atoms in total. The lowest BCUT2D eigenvalue weighted by atomic mass is 10.1. The molecule has 0 radical (unpaired) electrons. The van der Waals surface area contributed by atoms with Gasteiger partial charge in [-0.2, -0.15) is 0 Å². The fraction of sp³-hybridized carbons (Fsp3) is 0.737. The van der Waals surface area contributed by atoms with Gasteiger partial charge in [-0.05, 0) is 25.8 Å². The van der Waals surface area contributed by atoms with E-state index in [0.29, 0.717) is 0 Å². The second kappa shape index (κ2) is 16.2. The quantitative estimate of drug-likeness (QED) is 0.187. The smallest absolute Gasteiger partial charge is 0.0550 e. The van der Waals surface area contributed by atoms with Gasteiger partial charge in [-0.15, -0.1) is 0 Å². The van der Waals surface area contributed by atoms with Crippen LogP contribution in [0.15, 0.2) is 29.4 Å². The molecule has 0 amide bonds. The maximum absolute atomic E-state index is 4.11. The third-order valence-corrected chi connectivity index (χ3v) is 3.58. The Bertz CT molecular complexity index is 263. The lowest BCUT2D eigenvalue weighted by molar-refractivity contribution is 0.550. The minimum Gasteiger partial charge on any atom is -0.262 e. The second-order valence-electron chi connectivity index (χ2n) is 5.61. The molecule has 0 atom stereocenters. The van der Waals surface area contributed by atoms with E-state index in [1.807, 2.05) is 13.0 Å². The van der Waals surface area contributed by atoms with Crippen LogP contribution in [0, 0.1) is 0 Å². The third kappa shape index (κ3) is 15.2. The van der Waals surface area contributed by atoms with Gasteiger partial charge in [0.2, 0.25) is 0 Å². The van der Waals surface area contributed by atoms with Crippen molar-refractivity contribution in [3.63, 3.8) is 0 Å². The maximum atomic E-state index is 4.11. The van der Waals surface area contributed by atoms with Gasteiger partial charge < -0.3 is 0 Å². The number of allylic oxidation sites excluding steroid dienone is 2. The van der Waals surface area contributed by atoms with Crippen molar-refractivity contribution in [2.24, 2.45) is 4.99 Å². The van der Waals surface area contributed by atoms with E-state index in [0.717, 1.165) is 12.1 Å². The molecule has 0 aliphatic rings. The number of hydrogen-bond acceptors (Lipinski definition) is 1. The van der Waals surface area contributed by atoms with E-state index in [9.17, 15) is 0 Å². The van der Waals surface area contributed by atoms with Gasteiger partial charge in [-0.25, -0.2) is 0 Å². The van der Waals surface area contributed by atoms with Gasteiger partial charge >= 0.3 is 0 Å². The molecule has 0 aromatic heterocycles. The van der Waals surface area contributed by atoms with Crippen molar-refractivity contribution in [1.82, 2.24) is 0 Å². The van der Waals surface area contributed by atoms with Crippen LogP contribution in [0.5, 0.6) is 0 Å². The summed E-state index contributed by atoms with van der Waals surface area (Å²) in [5.74, 6) is 0. The van der Waals surface area contributed by atoms with Crippen LogP contribution in [-0.4, -0.2) is 6.21 Å². The molecule has 0 unspecified atom stereocenters. The zero-order chi connectivity index (χ0) is 14.9. The summed E-state index contributed by atoms with van der Waals surface area (Å²) in [5, 5.41) is 0. The van der Waals surface area contributed by atoms with Crippen molar-refractivity contribution < 1.29 is 0 Å². The van der Waals surface area contributed by atoms with Gasteiger partial charge in [0.1, 0.15) is 0 Å². The predicted molar refractivity (Wildman–Crippen MR) is 93.5 cm³/mol. The first-order chi connectivity index (χ1) is 9.81. The first-order valence-electron chi connectivity index (χ1n) is 8.65. The summed E-state index contributed by atoms with van der Waals surface area (Å²) in [6.45, 7) is 8.05. The Kier molecular flexibility index (Phi) is 15.5. The summed E-state index contributed by atoms with van der Waals surface area (Å²) < 4.78 is 0.